The van der Waals surface area contributed by atoms with Gasteiger partial charge in [-0.15, -0.1) is 0 Å². The van der Waals surface area contributed by atoms with E-state index in [0.29, 0.717) is 5.92 Å². The molecule has 0 aromatic heterocycles. The van der Waals surface area contributed by atoms with Gasteiger partial charge in [0.2, 0.25) is 0 Å². The molecule has 0 amide bonds. The van der Waals surface area contributed by atoms with Crippen molar-refractivity contribution >= 4 is 17.7 Å². The van der Waals surface area contributed by atoms with Gasteiger partial charge < -0.3 is 10.4 Å². The van der Waals surface area contributed by atoms with Crippen molar-refractivity contribution in [3.63, 3.8) is 0 Å². The number of hydrogen-bond acceptors (Lipinski definition) is 2. The molecule has 0 spiro atoms. The fraction of sp³-hybridized carbons (Fsp3) is 0.571. The van der Waals surface area contributed by atoms with Gasteiger partial charge in [0.15, 0.2) is 0 Å². The van der Waals surface area contributed by atoms with Crippen molar-refractivity contribution in [3.05, 3.63) is 35.9 Å². The summed E-state index contributed by atoms with van der Waals surface area (Å²) in [5.74, 6) is 1.62. The minimum atomic E-state index is -0.918. The van der Waals surface area contributed by atoms with Gasteiger partial charge in [0.05, 0.1) is 0 Å². The quantitative estimate of drug-likeness (QED) is 0.624. The van der Waals surface area contributed by atoms with Crippen molar-refractivity contribution in [1.82, 2.24) is 0 Å². The Balaban J connectivity index is 1.75. The molecule has 2 N–H and O–H groups in total. The highest BCUT2D eigenvalue weighted by Crippen LogP contribution is 2.34. The molecule has 0 heterocycles. The largest absolute Gasteiger partial charge is 0.478 e. The summed E-state index contributed by atoms with van der Waals surface area (Å²) in [7, 11) is 0. The summed E-state index contributed by atoms with van der Waals surface area (Å²) >= 11 is 0. The van der Waals surface area contributed by atoms with Crippen LogP contribution in [0.2, 0.25) is 0 Å². The second-order valence-electron chi connectivity index (χ2n) is 7.32. The van der Waals surface area contributed by atoms with Gasteiger partial charge in [-0.2, -0.15) is 0 Å². The van der Waals surface area contributed by atoms with E-state index in [1.807, 2.05) is 24.3 Å². The van der Waals surface area contributed by atoms with Gasteiger partial charge >= 0.3 is 5.97 Å². The van der Waals surface area contributed by atoms with E-state index in [1.54, 1.807) is 6.08 Å². The molecule has 3 nitrogen and oxygen atoms in total. The summed E-state index contributed by atoms with van der Waals surface area (Å²) in [6, 6.07) is 7.92. The molecule has 1 aliphatic carbocycles. The van der Waals surface area contributed by atoms with E-state index in [1.165, 1.54) is 38.5 Å². The maximum absolute atomic E-state index is 10.5. The van der Waals surface area contributed by atoms with Gasteiger partial charge in [-0.1, -0.05) is 51.7 Å². The molecule has 1 aromatic carbocycles. The Bertz CT molecular complexity index is 535. The highest BCUT2D eigenvalue weighted by Gasteiger charge is 2.22. The lowest BCUT2D eigenvalue weighted by molar-refractivity contribution is -0.131. The Kier molecular flexibility index (Phi) is 7.36. The molecule has 0 radical (unpaired) electrons. The number of benzene rings is 1. The molecule has 0 aliphatic heterocycles. The average molecular weight is 329 g/mol. The number of rotatable bonds is 8. The van der Waals surface area contributed by atoms with E-state index in [9.17, 15) is 4.79 Å². The second kappa shape index (κ2) is 9.51. The van der Waals surface area contributed by atoms with Crippen molar-refractivity contribution < 1.29 is 9.90 Å². The van der Waals surface area contributed by atoms with E-state index in [4.69, 9.17) is 5.11 Å². The van der Waals surface area contributed by atoms with Crippen LogP contribution in [0, 0.1) is 17.8 Å². The van der Waals surface area contributed by atoms with Crippen molar-refractivity contribution in [1.29, 1.82) is 0 Å². The first-order valence-electron chi connectivity index (χ1n) is 9.31. The monoisotopic (exact) mass is 329 g/mol. The molecule has 1 fully saturated rings. The third kappa shape index (κ3) is 6.38. The lowest BCUT2D eigenvalue weighted by Gasteiger charge is -2.30. The van der Waals surface area contributed by atoms with E-state index in [-0.39, 0.29) is 0 Å². The third-order valence-corrected chi connectivity index (χ3v) is 5.19. The van der Waals surface area contributed by atoms with Crippen molar-refractivity contribution in [2.24, 2.45) is 17.8 Å². The number of carbonyl (C=O) groups is 1. The van der Waals surface area contributed by atoms with E-state index in [0.717, 1.165) is 35.7 Å². The first-order chi connectivity index (χ1) is 11.6. The van der Waals surface area contributed by atoms with Crippen LogP contribution in [-0.2, 0) is 4.79 Å². The normalized spacial score (nSPS) is 22.4. The van der Waals surface area contributed by atoms with Gasteiger partial charge in [-0.25, -0.2) is 4.79 Å². The van der Waals surface area contributed by atoms with Crippen LogP contribution >= 0.6 is 0 Å². The van der Waals surface area contributed by atoms with Crippen molar-refractivity contribution in [2.45, 2.75) is 52.4 Å². The number of carboxylic acids is 1. The predicted molar refractivity (Wildman–Crippen MR) is 101 cm³/mol. The Morgan fingerprint density at radius 1 is 1.29 bits per heavy atom. The Hall–Kier alpha value is -1.77. The third-order valence-electron chi connectivity index (χ3n) is 5.19. The zero-order valence-electron chi connectivity index (χ0n) is 15.0. The SMILES string of the molecule is CCC1CCCC(CC(C)CNc2ccc(C=CC(=O)O)cc2)C1. The van der Waals surface area contributed by atoms with Crippen LogP contribution < -0.4 is 5.32 Å². The molecule has 24 heavy (non-hydrogen) atoms. The first kappa shape index (κ1) is 18.6. The summed E-state index contributed by atoms with van der Waals surface area (Å²) in [5, 5.41) is 12.2. The number of carboxylic acid groups (broad SMARTS) is 1. The molecular formula is C21H31NO2. The molecule has 1 aromatic rings. The van der Waals surface area contributed by atoms with Crippen LogP contribution in [-0.4, -0.2) is 17.6 Å². The van der Waals surface area contributed by atoms with Crippen LogP contribution in [0.3, 0.4) is 0 Å². The molecule has 3 unspecified atom stereocenters. The molecule has 2 rings (SSSR count). The Labute approximate surface area is 146 Å². The second-order valence-corrected chi connectivity index (χ2v) is 7.32. The molecular weight excluding hydrogens is 298 g/mol. The van der Waals surface area contributed by atoms with Gasteiger partial charge in [0.25, 0.3) is 0 Å². The summed E-state index contributed by atoms with van der Waals surface area (Å²) in [6.45, 7) is 5.66. The van der Waals surface area contributed by atoms with E-state index in [2.05, 4.69) is 19.2 Å². The van der Waals surface area contributed by atoms with Crippen LogP contribution in [0.25, 0.3) is 6.08 Å². The number of hydrogen-bond donors (Lipinski definition) is 2. The first-order valence-corrected chi connectivity index (χ1v) is 9.31. The van der Waals surface area contributed by atoms with Crippen LogP contribution in [0.15, 0.2) is 30.3 Å². The molecule has 3 heteroatoms. The Morgan fingerprint density at radius 3 is 2.67 bits per heavy atom. The van der Waals surface area contributed by atoms with E-state index < -0.39 is 5.97 Å². The molecule has 132 valence electrons. The summed E-state index contributed by atoms with van der Waals surface area (Å²) in [4.78, 5) is 10.5. The number of nitrogens with one attached hydrogen (secondary N) is 1. The fourth-order valence-corrected chi connectivity index (χ4v) is 3.81. The minimum Gasteiger partial charge on any atom is -0.478 e. The lowest BCUT2D eigenvalue weighted by atomic mass is 9.77. The maximum Gasteiger partial charge on any atom is 0.328 e. The zero-order valence-corrected chi connectivity index (χ0v) is 15.0. The van der Waals surface area contributed by atoms with Gasteiger partial charge in [0, 0.05) is 18.3 Å². The van der Waals surface area contributed by atoms with E-state index >= 15 is 0 Å². The van der Waals surface area contributed by atoms with Gasteiger partial charge in [0.1, 0.15) is 0 Å². The summed E-state index contributed by atoms with van der Waals surface area (Å²) in [6.07, 6.45) is 11.1. The topological polar surface area (TPSA) is 49.3 Å². The van der Waals surface area contributed by atoms with Gasteiger partial charge in [-0.3, -0.25) is 0 Å². The van der Waals surface area contributed by atoms with Crippen molar-refractivity contribution in [3.8, 4) is 0 Å². The number of anilines is 1. The smallest absolute Gasteiger partial charge is 0.328 e. The zero-order chi connectivity index (χ0) is 17.4. The van der Waals surface area contributed by atoms with Crippen LogP contribution in [0.1, 0.15) is 57.9 Å². The minimum absolute atomic E-state index is 0.678. The standard InChI is InChI=1S/C21H31NO2/c1-3-17-5-4-6-19(14-17)13-16(2)15-22-20-10-7-18(8-11-20)9-12-21(23)24/h7-12,16-17,19,22H,3-6,13-15H2,1-2H3,(H,23,24). The molecule has 3 atom stereocenters. The molecule has 0 bridgehead atoms. The van der Waals surface area contributed by atoms with Crippen LogP contribution in [0.4, 0.5) is 5.69 Å². The fourth-order valence-electron chi connectivity index (χ4n) is 3.81. The number of aliphatic carboxylic acids is 1. The maximum atomic E-state index is 10.5. The predicted octanol–water partition coefficient (Wildman–Crippen LogP) is 5.44. The highest BCUT2D eigenvalue weighted by atomic mass is 16.4. The lowest BCUT2D eigenvalue weighted by Crippen LogP contribution is -2.20. The average Bonchev–Trinajstić information content (AvgIpc) is 2.59. The summed E-state index contributed by atoms with van der Waals surface area (Å²) < 4.78 is 0. The van der Waals surface area contributed by atoms with Crippen LogP contribution in [0.5, 0.6) is 0 Å². The summed E-state index contributed by atoms with van der Waals surface area (Å²) in [5.41, 5.74) is 2.01. The molecule has 0 saturated heterocycles. The Morgan fingerprint density at radius 2 is 2.00 bits per heavy atom. The van der Waals surface area contributed by atoms with Gasteiger partial charge in [-0.05, 0) is 54.4 Å². The molecule has 1 aliphatic rings. The highest BCUT2D eigenvalue weighted by molar-refractivity contribution is 5.85. The van der Waals surface area contributed by atoms with Crippen molar-refractivity contribution in [2.75, 3.05) is 11.9 Å². The molecule has 1 saturated carbocycles.